The van der Waals surface area contributed by atoms with E-state index in [1.54, 1.807) is 31.3 Å². The highest BCUT2D eigenvalue weighted by Crippen LogP contribution is 2.57. The van der Waals surface area contributed by atoms with Crippen molar-refractivity contribution in [2.24, 2.45) is 5.73 Å². The first-order valence-electron chi connectivity index (χ1n) is 10.5. The summed E-state index contributed by atoms with van der Waals surface area (Å²) in [5, 5.41) is 0.541. The molecule has 0 spiro atoms. The standard InChI is InChI=1S/C24H27ClN3O3S/c1-4-32(29,30)18-8-5-7-16(13-18)19-9-10-21(31-12-6-11-26)23-22(19)20-14-17(25)15-27-24(20)28(23,2)3/h5,7-10,13-15H,4,6,11-12,26H2,1-3H3/q+1. The Morgan fingerprint density at radius 2 is 1.91 bits per heavy atom. The van der Waals surface area contributed by atoms with Crippen LogP contribution in [0.5, 0.6) is 5.75 Å². The largest absolute Gasteiger partial charge is 0.487 e. The molecule has 32 heavy (non-hydrogen) atoms. The first kappa shape index (κ1) is 22.7. The normalized spacial score (nSPS) is 14.2. The number of nitrogens with two attached hydrogens (primary N) is 1. The van der Waals surface area contributed by atoms with Gasteiger partial charge in [-0.05, 0) is 54.4 Å². The van der Waals surface area contributed by atoms with Crippen molar-refractivity contribution in [3.05, 3.63) is 53.7 Å². The number of benzene rings is 2. The van der Waals surface area contributed by atoms with Crippen LogP contribution in [0.3, 0.4) is 0 Å². The maximum absolute atomic E-state index is 12.5. The molecule has 0 saturated carbocycles. The Labute approximate surface area is 194 Å². The molecule has 0 saturated heterocycles. The fourth-order valence-electron chi connectivity index (χ4n) is 4.21. The van der Waals surface area contributed by atoms with Crippen molar-refractivity contribution in [2.45, 2.75) is 18.2 Å². The van der Waals surface area contributed by atoms with Crippen LogP contribution < -0.4 is 15.0 Å². The molecule has 1 aliphatic rings. The van der Waals surface area contributed by atoms with Gasteiger partial charge in [-0.1, -0.05) is 30.7 Å². The molecule has 6 nitrogen and oxygen atoms in total. The number of hydrogen-bond donors (Lipinski definition) is 1. The molecule has 0 bridgehead atoms. The highest BCUT2D eigenvalue weighted by atomic mass is 35.5. The van der Waals surface area contributed by atoms with Crippen molar-refractivity contribution in [3.8, 4) is 28.0 Å². The van der Waals surface area contributed by atoms with E-state index < -0.39 is 9.84 Å². The van der Waals surface area contributed by atoms with Crippen LogP contribution in [-0.4, -0.2) is 46.4 Å². The van der Waals surface area contributed by atoms with E-state index in [-0.39, 0.29) is 5.75 Å². The van der Waals surface area contributed by atoms with E-state index >= 15 is 0 Å². The van der Waals surface area contributed by atoms with E-state index in [4.69, 9.17) is 22.1 Å². The first-order chi connectivity index (χ1) is 15.2. The summed E-state index contributed by atoms with van der Waals surface area (Å²) >= 11 is 6.33. The van der Waals surface area contributed by atoms with E-state index in [0.29, 0.717) is 27.6 Å². The van der Waals surface area contributed by atoms with Gasteiger partial charge in [-0.25, -0.2) is 17.9 Å². The van der Waals surface area contributed by atoms with Gasteiger partial charge in [-0.15, -0.1) is 0 Å². The molecule has 168 valence electrons. The Kier molecular flexibility index (Phi) is 6.02. The average Bonchev–Trinajstić information content (AvgIpc) is 3.01. The van der Waals surface area contributed by atoms with Gasteiger partial charge in [-0.3, -0.25) is 0 Å². The van der Waals surface area contributed by atoms with Crippen molar-refractivity contribution in [2.75, 3.05) is 33.0 Å². The fourth-order valence-corrected chi connectivity index (χ4v) is 5.30. The lowest BCUT2D eigenvalue weighted by Gasteiger charge is -2.25. The van der Waals surface area contributed by atoms with E-state index in [1.165, 1.54) is 0 Å². The van der Waals surface area contributed by atoms with Crippen LogP contribution in [0.2, 0.25) is 5.02 Å². The predicted molar refractivity (Wildman–Crippen MR) is 130 cm³/mol. The minimum absolute atomic E-state index is 0.0504. The van der Waals surface area contributed by atoms with Crippen molar-refractivity contribution in [1.82, 2.24) is 9.47 Å². The van der Waals surface area contributed by atoms with Gasteiger partial charge in [0.2, 0.25) is 5.82 Å². The number of aromatic nitrogens is 1. The quantitative estimate of drug-likeness (QED) is 0.394. The number of ether oxygens (including phenoxy) is 1. The molecule has 2 N–H and O–H groups in total. The summed E-state index contributed by atoms with van der Waals surface area (Å²) in [5.41, 5.74) is 10.2. The first-order valence-corrected chi connectivity index (χ1v) is 12.6. The Morgan fingerprint density at radius 3 is 2.62 bits per heavy atom. The molecule has 0 unspecified atom stereocenters. The van der Waals surface area contributed by atoms with Gasteiger partial charge >= 0.3 is 0 Å². The van der Waals surface area contributed by atoms with Gasteiger partial charge in [0, 0.05) is 0 Å². The summed E-state index contributed by atoms with van der Waals surface area (Å²) in [5.74, 6) is 1.67. The number of quaternary nitrogens is 1. The van der Waals surface area contributed by atoms with Crippen LogP contribution in [0.25, 0.3) is 22.3 Å². The molecule has 0 fully saturated rings. The van der Waals surface area contributed by atoms with Crippen molar-refractivity contribution >= 4 is 32.9 Å². The zero-order valence-corrected chi connectivity index (χ0v) is 20.0. The Balaban J connectivity index is 1.98. The fraction of sp³-hybridized carbons (Fsp3) is 0.292. The predicted octanol–water partition coefficient (Wildman–Crippen LogP) is 4.80. The van der Waals surface area contributed by atoms with Crippen LogP contribution in [0.15, 0.2) is 53.6 Å². The smallest absolute Gasteiger partial charge is 0.240 e. The van der Waals surface area contributed by atoms with Gasteiger partial charge in [0.25, 0.3) is 0 Å². The van der Waals surface area contributed by atoms with Gasteiger partial charge < -0.3 is 10.5 Å². The Bertz CT molecular complexity index is 1290. The third-order valence-corrected chi connectivity index (χ3v) is 7.76. The third-order valence-electron chi connectivity index (χ3n) is 5.82. The summed E-state index contributed by atoms with van der Waals surface area (Å²) < 4.78 is 31.5. The van der Waals surface area contributed by atoms with E-state index in [1.807, 2.05) is 24.3 Å². The molecule has 1 aliphatic heterocycles. The second-order valence-corrected chi connectivity index (χ2v) is 10.9. The molecule has 2 aromatic carbocycles. The molecule has 4 rings (SSSR count). The van der Waals surface area contributed by atoms with Crippen molar-refractivity contribution in [3.63, 3.8) is 0 Å². The van der Waals surface area contributed by atoms with Gasteiger partial charge in [0.15, 0.2) is 21.3 Å². The molecule has 0 amide bonds. The van der Waals surface area contributed by atoms with E-state index in [0.717, 1.165) is 45.9 Å². The van der Waals surface area contributed by atoms with E-state index in [9.17, 15) is 8.42 Å². The van der Waals surface area contributed by atoms with Crippen LogP contribution in [0, 0.1) is 0 Å². The summed E-state index contributed by atoms with van der Waals surface area (Å²) in [6.45, 7) is 2.71. The average molecular weight is 473 g/mol. The second kappa shape index (κ2) is 8.48. The Hall–Kier alpha value is -2.45. The molecule has 3 aromatic rings. The minimum atomic E-state index is -3.33. The highest BCUT2D eigenvalue weighted by molar-refractivity contribution is 7.91. The van der Waals surface area contributed by atoms with Crippen LogP contribution >= 0.6 is 11.6 Å². The number of nitrogens with zero attached hydrogens (tertiary/aromatic N) is 2. The number of fused-ring (bicyclic) bond motifs is 3. The second-order valence-electron chi connectivity index (χ2n) is 8.23. The SMILES string of the molecule is CCS(=O)(=O)c1cccc(-c2ccc(OCCCN)c3c2-c2cc(Cl)cnc2[N+]3(C)C)c1. The lowest BCUT2D eigenvalue weighted by Crippen LogP contribution is -2.33. The summed E-state index contributed by atoms with van der Waals surface area (Å²) in [7, 11) is 0.787. The number of halogens is 1. The van der Waals surface area contributed by atoms with Gasteiger partial charge in [0.1, 0.15) is 0 Å². The molecule has 8 heteroatoms. The van der Waals surface area contributed by atoms with E-state index in [2.05, 4.69) is 19.1 Å². The third kappa shape index (κ3) is 3.79. The van der Waals surface area contributed by atoms with Crippen LogP contribution in [0.4, 0.5) is 11.5 Å². The monoisotopic (exact) mass is 472 g/mol. The number of sulfone groups is 1. The summed E-state index contributed by atoms with van der Waals surface area (Å²) in [4.78, 5) is 4.95. The molecule has 0 atom stereocenters. The van der Waals surface area contributed by atoms with Crippen LogP contribution in [-0.2, 0) is 9.84 Å². The van der Waals surface area contributed by atoms with Crippen LogP contribution in [0.1, 0.15) is 13.3 Å². The zero-order chi connectivity index (χ0) is 23.1. The molecular formula is C24H27ClN3O3S+. The minimum Gasteiger partial charge on any atom is -0.487 e. The van der Waals surface area contributed by atoms with Gasteiger partial charge in [0.05, 0.1) is 53.7 Å². The molecule has 2 heterocycles. The molecule has 0 aliphatic carbocycles. The molecule has 1 aromatic heterocycles. The maximum Gasteiger partial charge on any atom is 0.240 e. The number of rotatable bonds is 7. The maximum atomic E-state index is 12.5. The van der Waals surface area contributed by atoms with Crippen molar-refractivity contribution < 1.29 is 13.2 Å². The Morgan fingerprint density at radius 1 is 1.12 bits per heavy atom. The summed E-state index contributed by atoms with van der Waals surface area (Å²) in [6, 6.07) is 12.9. The lowest BCUT2D eigenvalue weighted by atomic mass is 9.94. The number of pyridine rings is 1. The molecular weight excluding hydrogens is 446 g/mol. The van der Waals surface area contributed by atoms with Gasteiger partial charge in [-0.2, -0.15) is 0 Å². The van der Waals surface area contributed by atoms with Crippen molar-refractivity contribution in [1.29, 1.82) is 0 Å². The topological polar surface area (TPSA) is 82.3 Å². The molecule has 0 radical (unpaired) electrons. The zero-order valence-electron chi connectivity index (χ0n) is 18.4. The number of hydrogen-bond acceptors (Lipinski definition) is 5. The lowest BCUT2D eigenvalue weighted by molar-refractivity contribution is 0.308. The summed E-state index contributed by atoms with van der Waals surface area (Å²) in [6.07, 6.45) is 2.40. The highest BCUT2D eigenvalue weighted by Gasteiger charge is 2.43.